The zero-order valence-electron chi connectivity index (χ0n) is 16.7. The molecule has 158 valence electrons. The summed E-state index contributed by atoms with van der Waals surface area (Å²) in [4.78, 5) is 27.5. The van der Waals surface area contributed by atoms with E-state index < -0.39 is 36.3 Å². The lowest BCUT2D eigenvalue weighted by molar-refractivity contribution is -0.132. The molecule has 4 atom stereocenters. The van der Waals surface area contributed by atoms with Crippen molar-refractivity contribution in [2.75, 3.05) is 32.8 Å². The van der Waals surface area contributed by atoms with Gasteiger partial charge in [0, 0.05) is 27.3 Å². The number of anilines is 1. The zero-order chi connectivity index (χ0) is 20.7. The third-order valence-electron chi connectivity index (χ3n) is 4.35. The average molecular weight is 399 g/mol. The van der Waals surface area contributed by atoms with Gasteiger partial charge in [-0.25, -0.2) is 4.79 Å². The maximum Gasteiger partial charge on any atom is 0.351 e. The molecule has 1 saturated heterocycles. The Bertz CT molecular complexity index is 690. The summed E-state index contributed by atoms with van der Waals surface area (Å²) in [5, 5.41) is 13.2. The standard InChI is InChI=1S/C18H29N3O7/c1-5-6-13-15(23)16(27-12(9-25-3)10-26-4)17(28-13)21-8-7-14(19-11(2)22)20-18(21)24/h7-8,12-13,15-17,23H,5-6,9-10H2,1-4H3,(H,19,20,22,24). The number of aromatic nitrogens is 2. The van der Waals surface area contributed by atoms with Crippen LogP contribution in [0.1, 0.15) is 32.9 Å². The van der Waals surface area contributed by atoms with Gasteiger partial charge in [0.05, 0.1) is 19.3 Å². The highest BCUT2D eigenvalue weighted by atomic mass is 16.6. The van der Waals surface area contributed by atoms with Crippen LogP contribution in [-0.4, -0.2) is 72.4 Å². The van der Waals surface area contributed by atoms with Crippen LogP contribution in [0.3, 0.4) is 0 Å². The van der Waals surface area contributed by atoms with E-state index in [4.69, 9.17) is 18.9 Å². The Labute approximate surface area is 163 Å². The van der Waals surface area contributed by atoms with Crippen molar-refractivity contribution in [1.29, 1.82) is 0 Å². The largest absolute Gasteiger partial charge is 0.388 e. The number of methoxy groups -OCH3 is 2. The number of aliphatic hydroxyl groups is 1. The summed E-state index contributed by atoms with van der Waals surface area (Å²) < 4.78 is 23.5. The summed E-state index contributed by atoms with van der Waals surface area (Å²) in [7, 11) is 3.08. The van der Waals surface area contributed by atoms with Gasteiger partial charge in [0.2, 0.25) is 5.91 Å². The van der Waals surface area contributed by atoms with Crippen molar-refractivity contribution >= 4 is 11.7 Å². The highest BCUT2D eigenvalue weighted by Crippen LogP contribution is 2.33. The molecule has 2 rings (SSSR count). The molecule has 2 heterocycles. The molecule has 28 heavy (non-hydrogen) atoms. The number of ether oxygens (including phenoxy) is 4. The fraction of sp³-hybridized carbons (Fsp3) is 0.722. The average Bonchev–Trinajstić information content (AvgIpc) is 2.92. The summed E-state index contributed by atoms with van der Waals surface area (Å²) in [6.07, 6.45) is -0.644. The number of nitrogens with zero attached hydrogens (tertiary/aromatic N) is 2. The highest BCUT2D eigenvalue weighted by Gasteiger charge is 2.46. The number of aliphatic hydroxyl groups excluding tert-OH is 1. The molecule has 1 aromatic rings. The van der Waals surface area contributed by atoms with Crippen LogP contribution in [-0.2, 0) is 23.7 Å². The van der Waals surface area contributed by atoms with Crippen LogP contribution in [0.25, 0.3) is 0 Å². The number of hydrogen-bond donors (Lipinski definition) is 2. The van der Waals surface area contributed by atoms with Crippen LogP contribution in [0.5, 0.6) is 0 Å². The van der Waals surface area contributed by atoms with Gasteiger partial charge in [-0.2, -0.15) is 4.98 Å². The molecule has 1 aliphatic heterocycles. The molecule has 10 heteroatoms. The van der Waals surface area contributed by atoms with Crippen LogP contribution < -0.4 is 11.0 Å². The summed E-state index contributed by atoms with van der Waals surface area (Å²) in [5.41, 5.74) is -0.621. The smallest absolute Gasteiger partial charge is 0.351 e. The second-order valence-corrected chi connectivity index (χ2v) is 6.66. The molecule has 0 aliphatic carbocycles. The quantitative estimate of drug-likeness (QED) is 0.576. The van der Waals surface area contributed by atoms with E-state index in [-0.39, 0.29) is 24.9 Å². The Hall–Kier alpha value is -1.85. The predicted molar refractivity (Wildman–Crippen MR) is 100 cm³/mol. The van der Waals surface area contributed by atoms with Crippen molar-refractivity contribution in [3.63, 3.8) is 0 Å². The zero-order valence-corrected chi connectivity index (χ0v) is 16.7. The molecule has 0 spiro atoms. The molecular weight excluding hydrogens is 370 g/mol. The summed E-state index contributed by atoms with van der Waals surface area (Å²) >= 11 is 0. The first kappa shape index (κ1) is 22.4. The van der Waals surface area contributed by atoms with Gasteiger partial charge in [0.25, 0.3) is 0 Å². The minimum atomic E-state index is -0.928. The van der Waals surface area contributed by atoms with E-state index in [0.717, 1.165) is 6.42 Å². The number of carbonyl (C=O) groups excluding carboxylic acids is 1. The fourth-order valence-electron chi connectivity index (χ4n) is 3.19. The third kappa shape index (κ3) is 5.58. The SMILES string of the molecule is CCCC1OC(n2ccc(NC(C)=O)nc2=O)C(OC(COC)COC)C1O. The van der Waals surface area contributed by atoms with Crippen LogP contribution >= 0.6 is 0 Å². The van der Waals surface area contributed by atoms with Crippen LogP contribution in [0.4, 0.5) is 5.82 Å². The van der Waals surface area contributed by atoms with E-state index >= 15 is 0 Å². The van der Waals surface area contributed by atoms with Crippen molar-refractivity contribution in [1.82, 2.24) is 9.55 Å². The molecule has 2 N–H and O–H groups in total. The number of carbonyl (C=O) groups is 1. The third-order valence-corrected chi connectivity index (χ3v) is 4.35. The molecule has 1 amide bonds. The number of amides is 1. The first-order valence-electron chi connectivity index (χ1n) is 9.24. The van der Waals surface area contributed by atoms with Gasteiger partial charge >= 0.3 is 5.69 Å². The Kier molecular flexibility index (Phi) is 8.52. The molecule has 0 aromatic carbocycles. The van der Waals surface area contributed by atoms with Crippen molar-refractivity contribution in [3.8, 4) is 0 Å². The van der Waals surface area contributed by atoms with Crippen LogP contribution in [0.15, 0.2) is 17.1 Å². The molecule has 0 bridgehead atoms. The minimum Gasteiger partial charge on any atom is -0.388 e. The van der Waals surface area contributed by atoms with Crippen molar-refractivity contribution in [2.45, 2.75) is 57.3 Å². The maximum atomic E-state index is 12.5. The predicted octanol–water partition coefficient (Wildman–Crippen LogP) is 0.307. The van der Waals surface area contributed by atoms with E-state index in [9.17, 15) is 14.7 Å². The Morgan fingerprint density at radius 1 is 1.39 bits per heavy atom. The van der Waals surface area contributed by atoms with Crippen LogP contribution in [0, 0.1) is 0 Å². The molecule has 4 unspecified atom stereocenters. The lowest BCUT2D eigenvalue weighted by Crippen LogP contribution is -2.42. The van der Waals surface area contributed by atoms with E-state index in [0.29, 0.717) is 6.42 Å². The molecule has 0 saturated carbocycles. The van der Waals surface area contributed by atoms with Crippen molar-refractivity contribution < 1.29 is 28.8 Å². The van der Waals surface area contributed by atoms with Gasteiger partial charge in [0.15, 0.2) is 6.23 Å². The second kappa shape index (κ2) is 10.6. The van der Waals surface area contributed by atoms with Gasteiger partial charge in [-0.15, -0.1) is 0 Å². The van der Waals surface area contributed by atoms with Crippen molar-refractivity contribution in [3.05, 3.63) is 22.7 Å². The molecule has 0 radical (unpaired) electrons. The highest BCUT2D eigenvalue weighted by molar-refractivity contribution is 5.87. The van der Waals surface area contributed by atoms with E-state index in [1.54, 1.807) is 14.2 Å². The molecule has 1 aromatic heterocycles. The lowest BCUT2D eigenvalue weighted by Gasteiger charge is -2.27. The molecular formula is C18H29N3O7. The van der Waals surface area contributed by atoms with Crippen molar-refractivity contribution in [2.24, 2.45) is 0 Å². The second-order valence-electron chi connectivity index (χ2n) is 6.66. The Balaban J connectivity index is 2.29. The van der Waals surface area contributed by atoms with Gasteiger partial charge in [0.1, 0.15) is 24.1 Å². The topological polar surface area (TPSA) is 121 Å². The maximum absolute atomic E-state index is 12.5. The monoisotopic (exact) mass is 399 g/mol. The number of hydrogen-bond acceptors (Lipinski definition) is 8. The van der Waals surface area contributed by atoms with Gasteiger partial charge in [-0.05, 0) is 12.5 Å². The number of nitrogens with one attached hydrogen (secondary N) is 1. The minimum absolute atomic E-state index is 0.145. The van der Waals surface area contributed by atoms with E-state index in [2.05, 4.69) is 10.3 Å². The normalized spacial score (nSPS) is 24.6. The molecule has 1 fully saturated rings. The number of rotatable bonds is 10. The first-order valence-corrected chi connectivity index (χ1v) is 9.24. The summed E-state index contributed by atoms with van der Waals surface area (Å²) in [6.45, 7) is 3.83. The molecule has 10 nitrogen and oxygen atoms in total. The lowest BCUT2D eigenvalue weighted by atomic mass is 10.1. The Morgan fingerprint density at radius 3 is 2.61 bits per heavy atom. The van der Waals surface area contributed by atoms with Gasteiger partial charge in [-0.3, -0.25) is 9.36 Å². The van der Waals surface area contributed by atoms with Crippen LogP contribution in [0.2, 0.25) is 0 Å². The fourth-order valence-corrected chi connectivity index (χ4v) is 3.19. The van der Waals surface area contributed by atoms with E-state index in [1.807, 2.05) is 6.92 Å². The molecule has 1 aliphatic rings. The van der Waals surface area contributed by atoms with E-state index in [1.165, 1.54) is 23.8 Å². The Morgan fingerprint density at radius 2 is 2.07 bits per heavy atom. The first-order chi connectivity index (χ1) is 13.4. The summed E-state index contributed by atoms with van der Waals surface area (Å²) in [5.74, 6) is -0.185. The van der Waals surface area contributed by atoms with Gasteiger partial charge < -0.3 is 29.4 Å². The summed E-state index contributed by atoms with van der Waals surface area (Å²) in [6, 6.07) is 1.49. The van der Waals surface area contributed by atoms with Gasteiger partial charge in [-0.1, -0.05) is 13.3 Å².